The number of carbonyl (C=O) groups is 1. The summed E-state index contributed by atoms with van der Waals surface area (Å²) in [6, 6.07) is 5.90. The normalized spacial score (nSPS) is 21.8. The number of halogens is 1. The molecule has 1 aliphatic carbocycles. The number of hydrogen-bond acceptors (Lipinski definition) is 4. The Morgan fingerprint density at radius 1 is 1.23 bits per heavy atom. The molecule has 0 aliphatic heterocycles. The van der Waals surface area contributed by atoms with Gasteiger partial charge in [-0.05, 0) is 62.0 Å². The smallest absolute Gasteiger partial charge is 0.338 e. The molecule has 0 spiro atoms. The van der Waals surface area contributed by atoms with E-state index < -0.39 is 0 Å². The summed E-state index contributed by atoms with van der Waals surface area (Å²) >= 11 is 6.06. The van der Waals surface area contributed by atoms with Crippen molar-refractivity contribution in [2.75, 3.05) is 19.7 Å². The van der Waals surface area contributed by atoms with Gasteiger partial charge < -0.3 is 9.47 Å². The van der Waals surface area contributed by atoms with Gasteiger partial charge in [-0.15, -0.1) is 11.6 Å². The molecule has 0 aromatic heterocycles. The summed E-state index contributed by atoms with van der Waals surface area (Å²) in [5.74, 6) is 0.687. The molecule has 5 heteroatoms. The van der Waals surface area contributed by atoms with Crippen molar-refractivity contribution in [2.24, 2.45) is 5.41 Å². The minimum absolute atomic E-state index is 0.140. The van der Waals surface area contributed by atoms with Crippen LogP contribution in [-0.4, -0.2) is 42.7 Å². The molecule has 26 heavy (non-hydrogen) atoms. The Morgan fingerprint density at radius 2 is 1.92 bits per heavy atom. The molecule has 2 rings (SSSR count). The predicted octanol–water partition coefficient (Wildman–Crippen LogP) is 4.88. The van der Waals surface area contributed by atoms with Gasteiger partial charge in [-0.1, -0.05) is 27.7 Å². The molecule has 0 N–H and O–H groups in total. The second kappa shape index (κ2) is 9.09. The van der Waals surface area contributed by atoms with E-state index in [1.807, 2.05) is 12.1 Å². The van der Waals surface area contributed by atoms with Crippen molar-refractivity contribution in [3.8, 4) is 5.75 Å². The lowest BCUT2D eigenvalue weighted by molar-refractivity contribution is 0.0525. The van der Waals surface area contributed by atoms with Crippen LogP contribution in [0, 0.1) is 5.41 Å². The highest BCUT2D eigenvalue weighted by molar-refractivity contribution is 6.17. The van der Waals surface area contributed by atoms with Gasteiger partial charge in [0.1, 0.15) is 11.9 Å². The molecule has 1 fully saturated rings. The summed E-state index contributed by atoms with van der Waals surface area (Å²) < 4.78 is 11.5. The number of hydrogen-bond donors (Lipinski definition) is 0. The van der Waals surface area contributed by atoms with Gasteiger partial charge in [-0.2, -0.15) is 0 Å². The quantitative estimate of drug-likeness (QED) is 0.475. The summed E-state index contributed by atoms with van der Waals surface area (Å²) in [5, 5.41) is 0. The van der Waals surface area contributed by atoms with Gasteiger partial charge in [0.25, 0.3) is 0 Å². The van der Waals surface area contributed by atoms with Crippen molar-refractivity contribution in [3.63, 3.8) is 0 Å². The van der Waals surface area contributed by atoms with Crippen molar-refractivity contribution in [3.05, 3.63) is 29.3 Å². The molecule has 4 nitrogen and oxygen atoms in total. The van der Waals surface area contributed by atoms with Gasteiger partial charge in [0.15, 0.2) is 0 Å². The Labute approximate surface area is 162 Å². The van der Waals surface area contributed by atoms with Crippen LogP contribution in [0.1, 0.15) is 63.4 Å². The topological polar surface area (TPSA) is 38.8 Å². The van der Waals surface area contributed by atoms with Crippen LogP contribution >= 0.6 is 11.6 Å². The first kappa shape index (κ1) is 21.0. The van der Waals surface area contributed by atoms with E-state index in [1.54, 1.807) is 13.0 Å². The number of rotatable bonds is 8. The van der Waals surface area contributed by atoms with Crippen LogP contribution in [0.25, 0.3) is 0 Å². The summed E-state index contributed by atoms with van der Waals surface area (Å²) in [5.41, 5.74) is 1.53. The van der Waals surface area contributed by atoms with Crippen molar-refractivity contribution >= 4 is 17.6 Å². The lowest BCUT2D eigenvalue weighted by Crippen LogP contribution is -2.42. The molecule has 146 valence electrons. The number of ether oxygens (including phenoxy) is 2. The third-order valence-electron chi connectivity index (χ3n) is 5.23. The van der Waals surface area contributed by atoms with Crippen LogP contribution < -0.4 is 4.74 Å². The standard InChI is InChI=1S/C21H32ClNO3/c1-6-23(7-2)18-12-21(4,5)13-19(18)26-16-9-10-17(15(11-16)14-22)20(24)25-8-3/h9-11,18-19H,6-8,12-14H2,1-5H3/t18-,19-/m1/s1. The maximum absolute atomic E-state index is 12.1. The fraction of sp³-hybridized carbons (Fsp3) is 0.667. The molecule has 1 aliphatic rings. The third-order valence-corrected chi connectivity index (χ3v) is 5.52. The molecule has 0 heterocycles. The molecule has 0 unspecified atom stereocenters. The number of likely N-dealkylation sites (N-methyl/N-ethyl adjacent to an activating group) is 1. The first-order valence-electron chi connectivity index (χ1n) is 9.61. The Balaban J connectivity index is 2.21. The highest BCUT2D eigenvalue weighted by Gasteiger charge is 2.42. The minimum atomic E-state index is -0.335. The first-order valence-corrected chi connectivity index (χ1v) is 10.1. The van der Waals surface area contributed by atoms with Gasteiger partial charge in [-0.3, -0.25) is 4.90 Å². The maximum Gasteiger partial charge on any atom is 0.338 e. The predicted molar refractivity (Wildman–Crippen MR) is 106 cm³/mol. The summed E-state index contributed by atoms with van der Waals surface area (Å²) in [7, 11) is 0. The van der Waals surface area contributed by atoms with E-state index >= 15 is 0 Å². The summed E-state index contributed by atoms with van der Waals surface area (Å²) in [6.45, 7) is 13.2. The zero-order chi connectivity index (χ0) is 19.3. The molecular formula is C21H32ClNO3. The summed E-state index contributed by atoms with van der Waals surface area (Å²) in [6.07, 6.45) is 2.29. The third kappa shape index (κ3) is 4.92. The van der Waals surface area contributed by atoms with Gasteiger partial charge in [-0.25, -0.2) is 4.79 Å². The summed E-state index contributed by atoms with van der Waals surface area (Å²) in [4.78, 5) is 14.5. The van der Waals surface area contributed by atoms with E-state index in [4.69, 9.17) is 21.1 Å². The van der Waals surface area contributed by atoms with E-state index in [0.29, 0.717) is 18.2 Å². The molecule has 0 bridgehead atoms. The zero-order valence-corrected chi connectivity index (χ0v) is 17.4. The number of nitrogens with zero attached hydrogens (tertiary/aromatic N) is 1. The Morgan fingerprint density at radius 3 is 2.50 bits per heavy atom. The largest absolute Gasteiger partial charge is 0.489 e. The van der Waals surface area contributed by atoms with E-state index in [-0.39, 0.29) is 23.4 Å². The van der Waals surface area contributed by atoms with Gasteiger partial charge in [0.05, 0.1) is 12.2 Å². The maximum atomic E-state index is 12.1. The monoisotopic (exact) mass is 381 g/mol. The second-order valence-electron chi connectivity index (χ2n) is 7.69. The Kier molecular flexibility index (Phi) is 7.36. The minimum Gasteiger partial charge on any atom is -0.489 e. The van der Waals surface area contributed by atoms with E-state index in [2.05, 4.69) is 32.6 Å². The number of esters is 1. The average Bonchev–Trinajstić information content (AvgIpc) is 2.90. The van der Waals surface area contributed by atoms with Crippen LogP contribution in [-0.2, 0) is 10.6 Å². The molecular weight excluding hydrogens is 350 g/mol. The molecule has 1 aromatic carbocycles. The van der Waals surface area contributed by atoms with Crippen LogP contribution in [0.5, 0.6) is 5.75 Å². The molecule has 1 aromatic rings. The first-order chi connectivity index (χ1) is 12.3. The number of alkyl halides is 1. The number of benzene rings is 1. The average molecular weight is 382 g/mol. The lowest BCUT2D eigenvalue weighted by Gasteiger charge is -2.31. The van der Waals surface area contributed by atoms with Crippen LogP contribution in [0.15, 0.2) is 18.2 Å². The van der Waals surface area contributed by atoms with E-state index in [9.17, 15) is 4.79 Å². The SMILES string of the molecule is CCOC(=O)c1ccc(O[C@@H]2CC(C)(C)C[C@H]2N(CC)CC)cc1CCl. The zero-order valence-electron chi connectivity index (χ0n) is 16.7. The van der Waals surface area contributed by atoms with E-state index in [0.717, 1.165) is 37.2 Å². The molecule has 0 saturated heterocycles. The number of carbonyl (C=O) groups excluding carboxylic acids is 1. The molecule has 0 amide bonds. The van der Waals surface area contributed by atoms with E-state index in [1.165, 1.54) is 0 Å². The molecule has 2 atom stereocenters. The molecule has 0 radical (unpaired) electrons. The highest BCUT2D eigenvalue weighted by Crippen LogP contribution is 2.41. The van der Waals surface area contributed by atoms with Gasteiger partial charge >= 0.3 is 5.97 Å². The second-order valence-corrected chi connectivity index (χ2v) is 7.96. The van der Waals surface area contributed by atoms with Crippen molar-refractivity contribution in [1.29, 1.82) is 0 Å². The van der Waals surface area contributed by atoms with Gasteiger partial charge in [0.2, 0.25) is 0 Å². The lowest BCUT2D eigenvalue weighted by atomic mass is 9.91. The van der Waals surface area contributed by atoms with Crippen LogP contribution in [0.2, 0.25) is 0 Å². The van der Waals surface area contributed by atoms with Crippen LogP contribution in [0.3, 0.4) is 0 Å². The fourth-order valence-corrected chi connectivity index (χ4v) is 4.20. The highest BCUT2D eigenvalue weighted by atomic mass is 35.5. The Hall–Kier alpha value is -1.26. The molecule has 1 saturated carbocycles. The van der Waals surface area contributed by atoms with Crippen LogP contribution in [0.4, 0.5) is 0 Å². The Bertz CT molecular complexity index is 613. The van der Waals surface area contributed by atoms with Crippen molar-refractivity contribution in [1.82, 2.24) is 4.90 Å². The van der Waals surface area contributed by atoms with Crippen molar-refractivity contribution in [2.45, 2.75) is 65.5 Å². The van der Waals surface area contributed by atoms with Crippen molar-refractivity contribution < 1.29 is 14.3 Å². The van der Waals surface area contributed by atoms with Gasteiger partial charge in [0, 0.05) is 11.9 Å². The fourth-order valence-electron chi connectivity index (χ4n) is 3.98.